The van der Waals surface area contributed by atoms with Crippen LogP contribution in [0, 0.1) is 5.82 Å². The Morgan fingerprint density at radius 2 is 1.69 bits per heavy atom. The zero-order chi connectivity index (χ0) is 23.4. The number of sulfonamides is 2. The summed E-state index contributed by atoms with van der Waals surface area (Å²) in [7, 11) is -7.83. The van der Waals surface area contributed by atoms with Crippen molar-refractivity contribution in [1.82, 2.24) is 14.3 Å². The predicted octanol–water partition coefficient (Wildman–Crippen LogP) is 0.830. The number of halogens is 1. The van der Waals surface area contributed by atoms with E-state index in [2.05, 4.69) is 10.0 Å². The first-order chi connectivity index (χ1) is 15.1. The number of hydrogen-bond acceptors (Lipinski definition) is 6. The molecule has 2 aromatic carbocycles. The normalized spacial score (nSPS) is 16.4. The summed E-state index contributed by atoms with van der Waals surface area (Å²) >= 11 is 0. The van der Waals surface area contributed by atoms with Crippen LogP contribution >= 0.6 is 0 Å². The summed E-state index contributed by atoms with van der Waals surface area (Å²) in [6.45, 7) is 2.68. The summed E-state index contributed by atoms with van der Waals surface area (Å²) in [6, 6.07) is 9.77. The molecule has 1 fully saturated rings. The van der Waals surface area contributed by atoms with Crippen molar-refractivity contribution in [2.24, 2.45) is 0 Å². The van der Waals surface area contributed by atoms with Gasteiger partial charge in [-0.3, -0.25) is 4.79 Å². The fourth-order valence-electron chi connectivity index (χ4n) is 3.07. The van der Waals surface area contributed by atoms with Crippen molar-refractivity contribution in [1.29, 1.82) is 0 Å². The van der Waals surface area contributed by atoms with Crippen LogP contribution < -0.4 is 10.0 Å². The van der Waals surface area contributed by atoms with Gasteiger partial charge in [-0.1, -0.05) is 24.3 Å². The number of rotatable bonds is 8. The summed E-state index contributed by atoms with van der Waals surface area (Å²) in [4.78, 5) is 11.9. The Hall–Kier alpha value is -2.38. The molecule has 0 unspecified atom stereocenters. The van der Waals surface area contributed by atoms with E-state index >= 15 is 0 Å². The molecule has 1 aliphatic heterocycles. The van der Waals surface area contributed by atoms with E-state index < -0.39 is 42.7 Å². The van der Waals surface area contributed by atoms with Gasteiger partial charge < -0.3 is 10.1 Å². The van der Waals surface area contributed by atoms with Crippen molar-refractivity contribution in [2.75, 3.05) is 26.3 Å². The molecule has 3 rings (SSSR count). The highest BCUT2D eigenvalue weighted by atomic mass is 32.2. The fraction of sp³-hybridized carbons (Fsp3) is 0.350. The molecule has 1 aliphatic rings. The molecule has 1 atom stereocenters. The third-order valence-corrected chi connectivity index (χ3v) is 8.34. The minimum atomic E-state index is -4.22. The van der Waals surface area contributed by atoms with Gasteiger partial charge in [-0.05, 0) is 36.8 Å². The lowest BCUT2D eigenvalue weighted by atomic mass is 10.2. The summed E-state index contributed by atoms with van der Waals surface area (Å²) < 4.78 is 72.3. The highest BCUT2D eigenvalue weighted by Gasteiger charge is 2.26. The molecule has 2 N–H and O–H groups in total. The Morgan fingerprint density at radius 1 is 1.06 bits per heavy atom. The lowest BCUT2D eigenvalue weighted by Crippen LogP contribution is -2.44. The number of carbonyl (C=O) groups is 1. The largest absolute Gasteiger partial charge is 0.379 e. The van der Waals surface area contributed by atoms with Gasteiger partial charge >= 0.3 is 0 Å². The molecule has 0 radical (unpaired) electrons. The Balaban J connectivity index is 1.58. The first-order valence-electron chi connectivity index (χ1n) is 9.83. The molecule has 0 spiro atoms. The lowest BCUT2D eigenvalue weighted by Gasteiger charge is -2.26. The standard InChI is InChI=1S/C20H24FN3O6S2/c1-15(23-31(26,27)19-5-3-2-4-18(19)21)20(25)22-14-16-6-8-17(9-7-16)32(28,29)24-10-12-30-13-11-24/h2-9,15,23H,10-14H2,1H3,(H,22,25)/t15-/m0/s1. The van der Waals surface area contributed by atoms with Gasteiger partial charge in [-0.25, -0.2) is 21.2 Å². The molecule has 0 aliphatic carbocycles. The zero-order valence-corrected chi connectivity index (χ0v) is 19.0. The molecule has 1 saturated heterocycles. The first kappa shape index (κ1) is 24.3. The maximum Gasteiger partial charge on any atom is 0.244 e. The number of hydrogen-bond donors (Lipinski definition) is 2. The van der Waals surface area contributed by atoms with E-state index in [9.17, 15) is 26.0 Å². The monoisotopic (exact) mass is 485 g/mol. The van der Waals surface area contributed by atoms with Gasteiger partial charge in [-0.15, -0.1) is 0 Å². The molecule has 0 bridgehead atoms. The third-order valence-electron chi connectivity index (χ3n) is 4.85. The van der Waals surface area contributed by atoms with E-state index in [1.54, 1.807) is 12.1 Å². The van der Waals surface area contributed by atoms with Gasteiger partial charge in [0, 0.05) is 19.6 Å². The van der Waals surface area contributed by atoms with Crippen molar-refractivity contribution in [3.63, 3.8) is 0 Å². The van der Waals surface area contributed by atoms with Crippen molar-refractivity contribution in [2.45, 2.75) is 29.3 Å². The van der Waals surface area contributed by atoms with Gasteiger partial charge in [0.05, 0.1) is 24.2 Å². The Labute approximate surface area is 186 Å². The van der Waals surface area contributed by atoms with E-state index in [0.717, 1.165) is 12.1 Å². The summed E-state index contributed by atoms with van der Waals surface area (Å²) in [5.74, 6) is -1.53. The molecule has 174 valence electrons. The highest BCUT2D eigenvalue weighted by Crippen LogP contribution is 2.18. The average Bonchev–Trinajstić information content (AvgIpc) is 2.78. The van der Waals surface area contributed by atoms with Crippen LogP contribution in [0.1, 0.15) is 12.5 Å². The third kappa shape index (κ3) is 5.70. The number of carbonyl (C=O) groups excluding carboxylic acids is 1. The molecule has 0 aromatic heterocycles. The second-order valence-electron chi connectivity index (χ2n) is 7.15. The van der Waals surface area contributed by atoms with Gasteiger partial charge in [-0.2, -0.15) is 9.03 Å². The predicted molar refractivity (Wildman–Crippen MR) is 114 cm³/mol. The van der Waals surface area contributed by atoms with Crippen LogP contribution in [-0.2, 0) is 36.1 Å². The minimum Gasteiger partial charge on any atom is -0.379 e. The highest BCUT2D eigenvalue weighted by molar-refractivity contribution is 7.89. The van der Waals surface area contributed by atoms with Crippen molar-refractivity contribution in [3.8, 4) is 0 Å². The summed E-state index contributed by atoms with van der Waals surface area (Å²) in [5.41, 5.74) is 0.628. The van der Waals surface area contributed by atoms with Crippen LogP contribution in [0.15, 0.2) is 58.3 Å². The minimum absolute atomic E-state index is 0.0580. The molecule has 2 aromatic rings. The Morgan fingerprint density at radius 3 is 2.31 bits per heavy atom. The SMILES string of the molecule is C[C@H](NS(=O)(=O)c1ccccc1F)C(=O)NCc1ccc(S(=O)(=O)N2CCOCC2)cc1. The van der Waals surface area contributed by atoms with Crippen LogP contribution in [0.5, 0.6) is 0 Å². The quantitative estimate of drug-likeness (QED) is 0.571. The first-order valence-corrected chi connectivity index (χ1v) is 12.7. The lowest BCUT2D eigenvalue weighted by molar-refractivity contribution is -0.122. The second kappa shape index (κ2) is 10.0. The van der Waals surface area contributed by atoms with E-state index in [4.69, 9.17) is 4.74 Å². The zero-order valence-electron chi connectivity index (χ0n) is 17.3. The van der Waals surface area contributed by atoms with Crippen LogP contribution in [0.4, 0.5) is 4.39 Å². The number of morpholine rings is 1. The molecule has 1 amide bonds. The Kier molecular flexibility index (Phi) is 7.62. The van der Waals surface area contributed by atoms with E-state index in [1.807, 2.05) is 0 Å². The van der Waals surface area contributed by atoms with E-state index in [-0.39, 0.29) is 11.4 Å². The number of benzene rings is 2. The second-order valence-corrected chi connectivity index (χ2v) is 10.8. The van der Waals surface area contributed by atoms with E-state index in [1.165, 1.54) is 35.5 Å². The van der Waals surface area contributed by atoms with Crippen molar-refractivity contribution in [3.05, 3.63) is 59.9 Å². The number of nitrogens with one attached hydrogen (secondary N) is 2. The number of amides is 1. The fourth-order valence-corrected chi connectivity index (χ4v) is 5.76. The molecular formula is C20H24FN3O6S2. The van der Waals surface area contributed by atoms with E-state index in [0.29, 0.717) is 31.9 Å². The molecule has 32 heavy (non-hydrogen) atoms. The topological polar surface area (TPSA) is 122 Å². The van der Waals surface area contributed by atoms with Crippen LogP contribution in [0.2, 0.25) is 0 Å². The Bertz CT molecular complexity index is 1160. The summed E-state index contributed by atoms with van der Waals surface area (Å²) in [5, 5.41) is 2.57. The molecule has 1 heterocycles. The van der Waals surface area contributed by atoms with Crippen molar-refractivity contribution < 1.29 is 30.8 Å². The molecule has 12 heteroatoms. The smallest absolute Gasteiger partial charge is 0.244 e. The molecule has 0 saturated carbocycles. The van der Waals surface area contributed by atoms with Gasteiger partial charge in [0.1, 0.15) is 10.7 Å². The van der Waals surface area contributed by atoms with Crippen LogP contribution in [0.25, 0.3) is 0 Å². The maximum absolute atomic E-state index is 13.8. The van der Waals surface area contributed by atoms with Gasteiger partial charge in [0.15, 0.2) is 0 Å². The number of nitrogens with zero attached hydrogens (tertiary/aromatic N) is 1. The molecular weight excluding hydrogens is 461 g/mol. The molecule has 9 nitrogen and oxygen atoms in total. The van der Waals surface area contributed by atoms with Gasteiger partial charge in [0.25, 0.3) is 0 Å². The van der Waals surface area contributed by atoms with Crippen LogP contribution in [-0.4, -0.2) is 59.4 Å². The van der Waals surface area contributed by atoms with Crippen LogP contribution in [0.3, 0.4) is 0 Å². The maximum atomic E-state index is 13.8. The summed E-state index contributed by atoms with van der Waals surface area (Å²) in [6.07, 6.45) is 0. The van der Waals surface area contributed by atoms with Crippen molar-refractivity contribution >= 4 is 26.0 Å². The average molecular weight is 486 g/mol. The number of ether oxygens (including phenoxy) is 1. The van der Waals surface area contributed by atoms with Gasteiger partial charge in [0.2, 0.25) is 26.0 Å².